The van der Waals surface area contributed by atoms with Crippen LogP contribution in [0.5, 0.6) is 11.8 Å². The Bertz CT molecular complexity index is 363. The minimum atomic E-state index is 0.162. The average molecular weight is 269 g/mol. The molecule has 1 unspecified atom stereocenters. The van der Waals surface area contributed by atoms with E-state index in [4.69, 9.17) is 14.6 Å². The lowest BCUT2D eigenvalue weighted by Crippen LogP contribution is -2.34. The van der Waals surface area contributed by atoms with Gasteiger partial charge in [-0.25, -0.2) is 9.97 Å². The summed E-state index contributed by atoms with van der Waals surface area (Å²) in [5.74, 6) is 1.44. The fourth-order valence-electron chi connectivity index (χ4n) is 1.93. The molecule has 1 rings (SSSR count). The predicted molar refractivity (Wildman–Crippen MR) is 72.3 cm³/mol. The first kappa shape index (κ1) is 15.7. The van der Waals surface area contributed by atoms with Gasteiger partial charge in [-0.05, 0) is 12.3 Å². The molecule has 108 valence electrons. The van der Waals surface area contributed by atoms with Crippen molar-refractivity contribution in [2.24, 2.45) is 5.92 Å². The van der Waals surface area contributed by atoms with Crippen LogP contribution in [0.15, 0.2) is 6.33 Å². The molecule has 0 bridgehead atoms. The molecule has 2 N–H and O–H groups in total. The zero-order chi connectivity index (χ0) is 14.3. The standard InChI is InChI=1S/C13H23N3O3/c1-9(2)11(5-6-17)14-7-10-12(18-3)15-8-16-13(10)19-4/h8-9,11,14,17H,5-7H2,1-4H3. The fourth-order valence-corrected chi connectivity index (χ4v) is 1.93. The summed E-state index contributed by atoms with van der Waals surface area (Å²) >= 11 is 0. The third-order valence-corrected chi connectivity index (χ3v) is 3.04. The highest BCUT2D eigenvalue weighted by Gasteiger charge is 2.17. The molecule has 6 heteroatoms. The van der Waals surface area contributed by atoms with Gasteiger partial charge in [0.05, 0.1) is 19.8 Å². The molecule has 1 atom stereocenters. The second kappa shape index (κ2) is 7.91. The quantitative estimate of drug-likeness (QED) is 0.733. The molecule has 0 amide bonds. The van der Waals surface area contributed by atoms with Crippen LogP contribution in [0.3, 0.4) is 0 Å². The monoisotopic (exact) mass is 269 g/mol. The van der Waals surface area contributed by atoms with Crippen LogP contribution in [0.25, 0.3) is 0 Å². The van der Waals surface area contributed by atoms with Crippen LogP contribution in [0, 0.1) is 5.92 Å². The molecular weight excluding hydrogens is 246 g/mol. The zero-order valence-electron chi connectivity index (χ0n) is 12.0. The first-order valence-electron chi connectivity index (χ1n) is 6.40. The third kappa shape index (κ3) is 4.33. The number of nitrogens with zero attached hydrogens (tertiary/aromatic N) is 2. The topological polar surface area (TPSA) is 76.5 Å². The number of rotatable bonds is 8. The minimum absolute atomic E-state index is 0.162. The van der Waals surface area contributed by atoms with Gasteiger partial charge in [0.1, 0.15) is 6.33 Å². The van der Waals surface area contributed by atoms with Crippen molar-refractivity contribution in [3.05, 3.63) is 11.9 Å². The van der Waals surface area contributed by atoms with E-state index in [2.05, 4.69) is 29.1 Å². The number of methoxy groups -OCH3 is 2. The van der Waals surface area contributed by atoms with Crippen molar-refractivity contribution >= 4 is 0 Å². The maximum absolute atomic E-state index is 9.07. The summed E-state index contributed by atoms with van der Waals surface area (Å²) in [6.45, 7) is 4.93. The largest absolute Gasteiger partial charge is 0.481 e. The highest BCUT2D eigenvalue weighted by molar-refractivity contribution is 5.34. The molecule has 0 aliphatic rings. The Hall–Kier alpha value is -1.40. The van der Waals surface area contributed by atoms with Crippen molar-refractivity contribution in [1.29, 1.82) is 0 Å². The lowest BCUT2D eigenvalue weighted by molar-refractivity contribution is 0.242. The summed E-state index contributed by atoms with van der Waals surface area (Å²) in [4.78, 5) is 8.14. The van der Waals surface area contributed by atoms with Crippen LogP contribution in [-0.4, -0.2) is 41.9 Å². The molecule has 0 saturated carbocycles. The molecule has 0 aliphatic carbocycles. The number of aliphatic hydroxyl groups excluding tert-OH is 1. The number of hydrogen-bond acceptors (Lipinski definition) is 6. The highest BCUT2D eigenvalue weighted by Crippen LogP contribution is 2.23. The van der Waals surface area contributed by atoms with E-state index >= 15 is 0 Å². The second-order valence-corrected chi connectivity index (χ2v) is 4.61. The van der Waals surface area contributed by atoms with Gasteiger partial charge in [0.2, 0.25) is 11.8 Å². The Morgan fingerprint density at radius 1 is 1.21 bits per heavy atom. The van der Waals surface area contributed by atoms with Gasteiger partial charge in [-0.3, -0.25) is 0 Å². The molecule has 1 aromatic rings. The normalized spacial score (nSPS) is 12.5. The van der Waals surface area contributed by atoms with Crippen molar-refractivity contribution < 1.29 is 14.6 Å². The molecule has 6 nitrogen and oxygen atoms in total. The zero-order valence-corrected chi connectivity index (χ0v) is 12.0. The SMILES string of the molecule is COc1ncnc(OC)c1CNC(CCO)C(C)C. The molecule has 0 spiro atoms. The molecule has 0 fully saturated rings. The van der Waals surface area contributed by atoms with Gasteiger partial charge in [-0.15, -0.1) is 0 Å². The lowest BCUT2D eigenvalue weighted by atomic mass is 10.0. The van der Waals surface area contributed by atoms with Gasteiger partial charge in [-0.1, -0.05) is 13.8 Å². The molecule has 0 aromatic carbocycles. The third-order valence-electron chi connectivity index (χ3n) is 3.04. The molecule has 19 heavy (non-hydrogen) atoms. The highest BCUT2D eigenvalue weighted by atomic mass is 16.5. The number of ether oxygens (including phenoxy) is 2. The van der Waals surface area contributed by atoms with E-state index in [1.807, 2.05) is 0 Å². The van der Waals surface area contributed by atoms with Gasteiger partial charge < -0.3 is 19.9 Å². The van der Waals surface area contributed by atoms with Crippen molar-refractivity contribution in [3.63, 3.8) is 0 Å². The molecule has 1 heterocycles. The summed E-state index contributed by atoms with van der Waals surface area (Å²) < 4.78 is 10.4. The van der Waals surface area contributed by atoms with Crippen LogP contribution in [-0.2, 0) is 6.54 Å². The predicted octanol–water partition coefficient (Wildman–Crippen LogP) is 0.990. The Morgan fingerprint density at radius 3 is 2.21 bits per heavy atom. The molecule has 0 saturated heterocycles. The fraction of sp³-hybridized carbons (Fsp3) is 0.692. The van der Waals surface area contributed by atoms with E-state index in [9.17, 15) is 0 Å². The Kier molecular flexibility index (Phi) is 6.52. The van der Waals surface area contributed by atoms with Crippen molar-refractivity contribution in [2.75, 3.05) is 20.8 Å². The Balaban J connectivity index is 2.80. The first-order chi connectivity index (χ1) is 9.13. The number of aromatic nitrogens is 2. The van der Waals surface area contributed by atoms with Crippen molar-refractivity contribution in [1.82, 2.24) is 15.3 Å². The summed E-state index contributed by atoms with van der Waals surface area (Å²) in [6.07, 6.45) is 2.12. The van der Waals surface area contributed by atoms with Gasteiger partial charge in [0.15, 0.2) is 0 Å². The summed E-state index contributed by atoms with van der Waals surface area (Å²) in [6, 6.07) is 0.222. The van der Waals surface area contributed by atoms with Crippen LogP contribution in [0.1, 0.15) is 25.8 Å². The number of nitrogens with one attached hydrogen (secondary N) is 1. The Labute approximate surface area is 114 Å². The van der Waals surface area contributed by atoms with Crippen molar-refractivity contribution in [3.8, 4) is 11.8 Å². The van der Waals surface area contributed by atoms with Crippen LogP contribution < -0.4 is 14.8 Å². The first-order valence-corrected chi connectivity index (χ1v) is 6.40. The van der Waals surface area contributed by atoms with Gasteiger partial charge in [0.25, 0.3) is 0 Å². The van der Waals surface area contributed by atoms with E-state index in [0.29, 0.717) is 30.6 Å². The molecule has 1 aromatic heterocycles. The smallest absolute Gasteiger partial charge is 0.224 e. The average Bonchev–Trinajstić information content (AvgIpc) is 2.42. The summed E-state index contributed by atoms with van der Waals surface area (Å²) in [5, 5.41) is 12.5. The van der Waals surface area contributed by atoms with E-state index in [-0.39, 0.29) is 12.6 Å². The lowest BCUT2D eigenvalue weighted by Gasteiger charge is -2.22. The van der Waals surface area contributed by atoms with E-state index in [1.165, 1.54) is 6.33 Å². The van der Waals surface area contributed by atoms with Gasteiger partial charge >= 0.3 is 0 Å². The summed E-state index contributed by atoms with van der Waals surface area (Å²) in [5.41, 5.74) is 0.788. The molecule has 0 aliphatic heterocycles. The number of aliphatic hydroxyl groups is 1. The number of hydrogen-bond donors (Lipinski definition) is 2. The van der Waals surface area contributed by atoms with Crippen LogP contribution >= 0.6 is 0 Å². The maximum Gasteiger partial charge on any atom is 0.224 e. The van der Waals surface area contributed by atoms with Gasteiger partial charge in [0, 0.05) is 19.2 Å². The maximum atomic E-state index is 9.07. The van der Waals surface area contributed by atoms with Crippen LogP contribution in [0.2, 0.25) is 0 Å². The van der Waals surface area contributed by atoms with Crippen LogP contribution in [0.4, 0.5) is 0 Å². The Morgan fingerprint density at radius 2 is 1.79 bits per heavy atom. The van der Waals surface area contributed by atoms with Crippen molar-refractivity contribution in [2.45, 2.75) is 32.9 Å². The molecule has 0 radical (unpaired) electrons. The second-order valence-electron chi connectivity index (χ2n) is 4.61. The van der Waals surface area contributed by atoms with E-state index in [0.717, 1.165) is 5.56 Å². The van der Waals surface area contributed by atoms with E-state index < -0.39 is 0 Å². The van der Waals surface area contributed by atoms with Gasteiger partial charge in [-0.2, -0.15) is 0 Å². The minimum Gasteiger partial charge on any atom is -0.481 e. The summed E-state index contributed by atoms with van der Waals surface area (Å²) in [7, 11) is 3.14. The van der Waals surface area contributed by atoms with E-state index in [1.54, 1.807) is 14.2 Å². The molecular formula is C13H23N3O3.